The van der Waals surface area contributed by atoms with E-state index < -0.39 is 6.04 Å². The first-order valence-electron chi connectivity index (χ1n) is 6.53. The van der Waals surface area contributed by atoms with Gasteiger partial charge in [-0.3, -0.25) is 14.6 Å². The fourth-order valence-electron chi connectivity index (χ4n) is 2.11. The standard InChI is InChI=1S/C14H18FN3O2/c1-10(13(19)18-8-7-16-14(18)20)17(2)9-11-3-5-12(15)6-4-11/h3-6,10H,7-9H2,1-2H3,(H,16,20)/t10-/m0/s1. The van der Waals surface area contributed by atoms with Crippen LogP contribution in [-0.2, 0) is 11.3 Å². The normalized spacial score (nSPS) is 16.4. The van der Waals surface area contributed by atoms with Gasteiger partial charge >= 0.3 is 6.03 Å². The smallest absolute Gasteiger partial charge is 0.324 e. The summed E-state index contributed by atoms with van der Waals surface area (Å²) in [7, 11) is 1.81. The van der Waals surface area contributed by atoms with Crippen molar-refractivity contribution in [2.24, 2.45) is 0 Å². The van der Waals surface area contributed by atoms with Crippen LogP contribution >= 0.6 is 0 Å². The number of nitrogens with one attached hydrogen (secondary N) is 1. The third-order valence-electron chi connectivity index (χ3n) is 3.49. The van der Waals surface area contributed by atoms with Crippen LogP contribution in [0, 0.1) is 5.82 Å². The zero-order valence-electron chi connectivity index (χ0n) is 11.6. The van der Waals surface area contributed by atoms with E-state index in [0.717, 1.165) is 5.56 Å². The maximum Gasteiger partial charge on any atom is 0.324 e. The number of carbonyl (C=O) groups excluding carboxylic acids is 2. The molecule has 5 nitrogen and oxygen atoms in total. The summed E-state index contributed by atoms with van der Waals surface area (Å²) in [6.45, 7) is 3.19. The zero-order chi connectivity index (χ0) is 14.7. The second-order valence-electron chi connectivity index (χ2n) is 4.94. The maximum atomic E-state index is 12.8. The van der Waals surface area contributed by atoms with Gasteiger partial charge in [-0.05, 0) is 31.7 Å². The summed E-state index contributed by atoms with van der Waals surface area (Å²) in [4.78, 5) is 26.7. The summed E-state index contributed by atoms with van der Waals surface area (Å²) >= 11 is 0. The van der Waals surface area contributed by atoms with Crippen molar-refractivity contribution in [3.8, 4) is 0 Å². The highest BCUT2D eigenvalue weighted by atomic mass is 19.1. The van der Waals surface area contributed by atoms with Gasteiger partial charge in [0, 0.05) is 19.6 Å². The molecule has 1 aliphatic heterocycles. The lowest BCUT2D eigenvalue weighted by molar-refractivity contribution is -0.132. The average molecular weight is 279 g/mol. The average Bonchev–Trinajstić information content (AvgIpc) is 2.86. The number of amides is 3. The summed E-state index contributed by atoms with van der Waals surface area (Å²) in [5.41, 5.74) is 0.916. The minimum atomic E-state index is -0.413. The maximum absolute atomic E-state index is 12.8. The Bertz CT molecular complexity index is 504. The van der Waals surface area contributed by atoms with E-state index in [-0.39, 0.29) is 17.8 Å². The molecule has 1 fully saturated rings. The van der Waals surface area contributed by atoms with E-state index >= 15 is 0 Å². The molecule has 1 aromatic carbocycles. The lowest BCUT2D eigenvalue weighted by atomic mass is 10.2. The lowest BCUT2D eigenvalue weighted by Crippen LogP contribution is -2.46. The first-order chi connectivity index (χ1) is 9.49. The van der Waals surface area contributed by atoms with Crippen LogP contribution in [0.3, 0.4) is 0 Å². The third kappa shape index (κ3) is 3.14. The molecular weight excluding hydrogens is 261 g/mol. The van der Waals surface area contributed by atoms with Gasteiger partial charge in [-0.2, -0.15) is 0 Å². The highest BCUT2D eigenvalue weighted by molar-refractivity contribution is 5.98. The van der Waals surface area contributed by atoms with E-state index in [9.17, 15) is 14.0 Å². The molecule has 1 N–H and O–H groups in total. The lowest BCUT2D eigenvalue weighted by Gasteiger charge is -2.26. The van der Waals surface area contributed by atoms with Gasteiger partial charge in [0.2, 0.25) is 5.91 Å². The zero-order valence-corrected chi connectivity index (χ0v) is 11.6. The molecule has 1 atom stereocenters. The van der Waals surface area contributed by atoms with Crippen LogP contribution in [0.1, 0.15) is 12.5 Å². The molecule has 0 aliphatic carbocycles. The minimum Gasteiger partial charge on any atom is -0.336 e. The summed E-state index contributed by atoms with van der Waals surface area (Å²) < 4.78 is 12.8. The van der Waals surface area contributed by atoms with E-state index in [0.29, 0.717) is 19.6 Å². The van der Waals surface area contributed by atoms with Crippen LogP contribution in [0.4, 0.5) is 9.18 Å². The molecule has 1 heterocycles. The quantitative estimate of drug-likeness (QED) is 0.901. The molecule has 2 rings (SSSR count). The van der Waals surface area contributed by atoms with Crippen molar-refractivity contribution in [2.45, 2.75) is 19.5 Å². The predicted molar refractivity (Wildman–Crippen MR) is 72.4 cm³/mol. The van der Waals surface area contributed by atoms with Gasteiger partial charge in [0.1, 0.15) is 5.82 Å². The number of imide groups is 1. The Hall–Kier alpha value is -1.95. The van der Waals surface area contributed by atoms with Crippen molar-refractivity contribution in [1.29, 1.82) is 0 Å². The fourth-order valence-corrected chi connectivity index (χ4v) is 2.11. The van der Waals surface area contributed by atoms with Gasteiger partial charge in [-0.15, -0.1) is 0 Å². The molecule has 0 spiro atoms. The summed E-state index contributed by atoms with van der Waals surface area (Å²) in [5.74, 6) is -0.501. The monoisotopic (exact) mass is 279 g/mol. The molecule has 0 bridgehead atoms. The van der Waals surface area contributed by atoms with Crippen LogP contribution in [0.15, 0.2) is 24.3 Å². The second kappa shape index (κ2) is 6.00. The van der Waals surface area contributed by atoms with Crippen molar-refractivity contribution in [3.63, 3.8) is 0 Å². The Labute approximate surface area is 117 Å². The molecule has 0 radical (unpaired) electrons. The summed E-state index contributed by atoms with van der Waals surface area (Å²) in [6.07, 6.45) is 0. The molecule has 1 saturated heterocycles. The van der Waals surface area contributed by atoms with Gasteiger partial charge in [0.25, 0.3) is 0 Å². The Morgan fingerprint density at radius 3 is 2.65 bits per heavy atom. The molecule has 20 heavy (non-hydrogen) atoms. The number of nitrogens with zero attached hydrogens (tertiary/aromatic N) is 2. The molecule has 0 saturated carbocycles. The number of halogens is 1. The topological polar surface area (TPSA) is 52.7 Å². The molecule has 1 aliphatic rings. The Morgan fingerprint density at radius 2 is 2.10 bits per heavy atom. The van der Waals surface area contributed by atoms with E-state index in [1.165, 1.54) is 17.0 Å². The van der Waals surface area contributed by atoms with Crippen LogP contribution in [-0.4, -0.2) is 47.9 Å². The van der Waals surface area contributed by atoms with Gasteiger partial charge in [0.15, 0.2) is 0 Å². The molecule has 0 aromatic heterocycles. The number of hydrogen-bond acceptors (Lipinski definition) is 3. The molecule has 1 aromatic rings. The number of benzene rings is 1. The number of hydrogen-bond donors (Lipinski definition) is 1. The Kier molecular flexibility index (Phi) is 4.34. The number of urea groups is 1. The highest BCUT2D eigenvalue weighted by Crippen LogP contribution is 2.10. The number of likely N-dealkylation sites (N-methyl/N-ethyl adjacent to an activating group) is 1. The van der Waals surface area contributed by atoms with E-state index in [1.54, 1.807) is 26.1 Å². The Morgan fingerprint density at radius 1 is 1.45 bits per heavy atom. The third-order valence-corrected chi connectivity index (χ3v) is 3.49. The second-order valence-corrected chi connectivity index (χ2v) is 4.94. The minimum absolute atomic E-state index is 0.218. The first-order valence-corrected chi connectivity index (χ1v) is 6.53. The predicted octanol–water partition coefficient (Wildman–Crippen LogP) is 1.20. The molecule has 0 unspecified atom stereocenters. The summed E-state index contributed by atoms with van der Waals surface area (Å²) in [5, 5.41) is 2.61. The van der Waals surface area contributed by atoms with Crippen molar-refractivity contribution >= 4 is 11.9 Å². The van der Waals surface area contributed by atoms with E-state index in [1.807, 2.05) is 4.90 Å². The molecule has 3 amide bonds. The molecule has 6 heteroatoms. The number of rotatable bonds is 4. The van der Waals surface area contributed by atoms with Crippen LogP contribution < -0.4 is 5.32 Å². The fraction of sp³-hybridized carbons (Fsp3) is 0.429. The van der Waals surface area contributed by atoms with Gasteiger partial charge in [-0.25, -0.2) is 9.18 Å². The van der Waals surface area contributed by atoms with Gasteiger partial charge < -0.3 is 5.32 Å². The van der Waals surface area contributed by atoms with Crippen LogP contribution in [0.25, 0.3) is 0 Å². The SMILES string of the molecule is C[C@@H](C(=O)N1CCNC1=O)N(C)Cc1ccc(F)cc1. The van der Waals surface area contributed by atoms with E-state index in [4.69, 9.17) is 0 Å². The van der Waals surface area contributed by atoms with Crippen molar-refractivity contribution in [1.82, 2.24) is 15.1 Å². The van der Waals surface area contributed by atoms with Gasteiger partial charge in [0.05, 0.1) is 6.04 Å². The summed E-state index contributed by atoms with van der Waals surface area (Å²) in [6, 6.07) is 5.41. The molecule has 108 valence electrons. The Balaban J connectivity index is 1.97. The van der Waals surface area contributed by atoms with Crippen molar-refractivity contribution in [3.05, 3.63) is 35.6 Å². The highest BCUT2D eigenvalue weighted by Gasteiger charge is 2.31. The van der Waals surface area contributed by atoms with Crippen molar-refractivity contribution in [2.75, 3.05) is 20.1 Å². The van der Waals surface area contributed by atoms with E-state index in [2.05, 4.69) is 5.32 Å². The van der Waals surface area contributed by atoms with Gasteiger partial charge in [-0.1, -0.05) is 12.1 Å². The van der Waals surface area contributed by atoms with Crippen LogP contribution in [0.2, 0.25) is 0 Å². The molecular formula is C14H18FN3O2. The largest absolute Gasteiger partial charge is 0.336 e. The number of carbonyl (C=O) groups is 2. The first kappa shape index (κ1) is 14.5. The van der Waals surface area contributed by atoms with Crippen LogP contribution in [0.5, 0.6) is 0 Å². The van der Waals surface area contributed by atoms with Crippen molar-refractivity contribution < 1.29 is 14.0 Å².